The normalized spacial score (nSPS) is 11.5. The molecule has 0 bridgehead atoms. The third-order valence-electron chi connectivity index (χ3n) is 2.90. The van der Waals surface area contributed by atoms with Gasteiger partial charge in [0.2, 0.25) is 0 Å². The van der Waals surface area contributed by atoms with E-state index in [4.69, 9.17) is 0 Å². The highest BCUT2D eigenvalue weighted by molar-refractivity contribution is 9.10. The van der Waals surface area contributed by atoms with E-state index in [2.05, 4.69) is 25.9 Å². The van der Waals surface area contributed by atoms with Crippen LogP contribution in [-0.4, -0.2) is 34.9 Å². The monoisotopic (exact) mass is 377 g/mol. The molecule has 5 nitrogen and oxygen atoms in total. The molecule has 0 N–H and O–H groups in total. The summed E-state index contributed by atoms with van der Waals surface area (Å²) in [6.45, 7) is 0. The number of carbonyl (C=O) groups is 1. The van der Waals surface area contributed by atoms with Crippen molar-refractivity contribution in [2.45, 2.75) is 6.18 Å². The van der Waals surface area contributed by atoms with Gasteiger partial charge in [0.25, 0.3) is 5.91 Å². The SMILES string of the molecule is CON(C)C(=O)c1cnn(-c2ccc(Br)cc2)c1C(F)(F)F. The zero-order chi connectivity index (χ0) is 16.5. The number of carbonyl (C=O) groups excluding carboxylic acids is 1. The lowest BCUT2D eigenvalue weighted by Gasteiger charge is -2.16. The molecule has 1 aromatic carbocycles. The Morgan fingerprint density at radius 3 is 2.41 bits per heavy atom. The molecule has 2 rings (SSSR count). The van der Waals surface area contributed by atoms with Crippen molar-refractivity contribution in [1.82, 2.24) is 14.8 Å². The predicted molar refractivity (Wildman–Crippen MR) is 75.4 cm³/mol. The number of rotatable bonds is 3. The molecule has 1 aromatic heterocycles. The van der Waals surface area contributed by atoms with Crippen molar-refractivity contribution in [3.05, 3.63) is 46.2 Å². The molecule has 22 heavy (non-hydrogen) atoms. The lowest BCUT2D eigenvalue weighted by Crippen LogP contribution is -2.28. The van der Waals surface area contributed by atoms with E-state index in [1.54, 1.807) is 12.1 Å². The van der Waals surface area contributed by atoms with Crippen LogP contribution in [0.15, 0.2) is 34.9 Å². The largest absolute Gasteiger partial charge is 0.434 e. The summed E-state index contributed by atoms with van der Waals surface area (Å²) < 4.78 is 41.5. The van der Waals surface area contributed by atoms with Crippen LogP contribution in [0.1, 0.15) is 16.1 Å². The Morgan fingerprint density at radius 2 is 1.91 bits per heavy atom. The second kappa shape index (κ2) is 6.09. The smallest absolute Gasteiger partial charge is 0.274 e. The number of benzene rings is 1. The molecular weight excluding hydrogens is 367 g/mol. The molecule has 118 valence electrons. The molecule has 0 fully saturated rings. The molecule has 0 saturated carbocycles. The maximum Gasteiger partial charge on any atom is 0.434 e. The van der Waals surface area contributed by atoms with Gasteiger partial charge in [-0.1, -0.05) is 15.9 Å². The lowest BCUT2D eigenvalue weighted by molar-refractivity contribution is -0.143. The van der Waals surface area contributed by atoms with Gasteiger partial charge >= 0.3 is 6.18 Å². The minimum Gasteiger partial charge on any atom is -0.274 e. The maximum atomic E-state index is 13.4. The van der Waals surface area contributed by atoms with Crippen LogP contribution < -0.4 is 0 Å². The molecule has 0 atom stereocenters. The molecular formula is C13H11BrF3N3O2. The summed E-state index contributed by atoms with van der Waals surface area (Å²) in [5.41, 5.74) is -1.54. The van der Waals surface area contributed by atoms with E-state index < -0.39 is 23.3 Å². The summed E-state index contributed by atoms with van der Waals surface area (Å²) in [5.74, 6) is -0.932. The number of halogens is 4. The van der Waals surface area contributed by atoms with Crippen LogP contribution in [0.25, 0.3) is 5.69 Å². The van der Waals surface area contributed by atoms with Crippen molar-refractivity contribution in [3.63, 3.8) is 0 Å². The first kappa shape index (κ1) is 16.5. The molecule has 0 saturated heterocycles. The highest BCUT2D eigenvalue weighted by Gasteiger charge is 2.41. The number of nitrogens with zero attached hydrogens (tertiary/aromatic N) is 3. The molecule has 2 aromatic rings. The van der Waals surface area contributed by atoms with Crippen LogP contribution in [-0.2, 0) is 11.0 Å². The van der Waals surface area contributed by atoms with Crippen molar-refractivity contribution < 1.29 is 22.8 Å². The standard InChI is InChI=1S/C13H11BrF3N3O2/c1-19(22-2)12(21)10-7-18-20(11(10)13(15,16)17)9-5-3-8(14)4-6-9/h3-7H,1-2H3. The maximum absolute atomic E-state index is 13.4. The second-order valence-corrected chi connectivity index (χ2v) is 5.19. The van der Waals surface area contributed by atoms with Gasteiger partial charge in [-0.2, -0.15) is 18.3 Å². The van der Waals surface area contributed by atoms with E-state index in [1.807, 2.05) is 0 Å². The summed E-state index contributed by atoms with van der Waals surface area (Å²) in [6, 6.07) is 6.08. The van der Waals surface area contributed by atoms with Crippen molar-refractivity contribution >= 4 is 21.8 Å². The average Bonchev–Trinajstić information content (AvgIpc) is 2.91. The van der Waals surface area contributed by atoms with E-state index in [0.717, 1.165) is 6.20 Å². The van der Waals surface area contributed by atoms with E-state index in [9.17, 15) is 18.0 Å². The Kier molecular flexibility index (Phi) is 4.57. The van der Waals surface area contributed by atoms with E-state index in [0.29, 0.717) is 14.2 Å². The molecule has 0 aliphatic heterocycles. The number of hydrogen-bond acceptors (Lipinski definition) is 3. The first-order valence-electron chi connectivity index (χ1n) is 5.99. The summed E-state index contributed by atoms with van der Waals surface area (Å²) >= 11 is 3.20. The Hall–Kier alpha value is -1.87. The first-order chi connectivity index (χ1) is 10.3. The minimum atomic E-state index is -4.75. The van der Waals surface area contributed by atoms with Crippen LogP contribution >= 0.6 is 15.9 Å². The fourth-order valence-corrected chi connectivity index (χ4v) is 2.07. The molecule has 0 aliphatic carbocycles. The lowest BCUT2D eigenvalue weighted by atomic mass is 10.2. The van der Waals surface area contributed by atoms with Gasteiger partial charge in [0, 0.05) is 11.5 Å². The molecule has 9 heteroatoms. The van der Waals surface area contributed by atoms with Crippen molar-refractivity contribution in [3.8, 4) is 5.69 Å². The van der Waals surface area contributed by atoms with Crippen LogP contribution in [0.4, 0.5) is 13.2 Å². The minimum absolute atomic E-state index is 0.189. The number of aromatic nitrogens is 2. The van der Waals surface area contributed by atoms with E-state index in [-0.39, 0.29) is 5.69 Å². The molecule has 0 spiro atoms. The molecule has 0 unspecified atom stereocenters. The zero-order valence-electron chi connectivity index (χ0n) is 11.6. The van der Waals surface area contributed by atoms with Crippen molar-refractivity contribution in [1.29, 1.82) is 0 Å². The fraction of sp³-hybridized carbons (Fsp3) is 0.231. The van der Waals surface area contributed by atoms with Gasteiger partial charge in [0.1, 0.15) is 0 Å². The van der Waals surface area contributed by atoms with Gasteiger partial charge in [-0.25, -0.2) is 9.75 Å². The second-order valence-electron chi connectivity index (χ2n) is 4.28. The highest BCUT2D eigenvalue weighted by atomic mass is 79.9. The Labute approximate surface area is 132 Å². The van der Waals surface area contributed by atoms with Gasteiger partial charge in [0.05, 0.1) is 24.6 Å². The van der Waals surface area contributed by atoms with Crippen molar-refractivity contribution in [2.75, 3.05) is 14.2 Å². The highest BCUT2D eigenvalue weighted by Crippen LogP contribution is 2.34. The van der Waals surface area contributed by atoms with Crippen LogP contribution in [0, 0.1) is 0 Å². The Bertz CT molecular complexity index is 683. The Morgan fingerprint density at radius 1 is 1.32 bits per heavy atom. The number of hydrogen-bond donors (Lipinski definition) is 0. The summed E-state index contributed by atoms with van der Waals surface area (Å²) in [6.07, 6.45) is -3.87. The fourth-order valence-electron chi connectivity index (χ4n) is 1.81. The Balaban J connectivity index is 2.59. The van der Waals surface area contributed by atoms with Gasteiger partial charge < -0.3 is 0 Å². The van der Waals surface area contributed by atoms with Gasteiger partial charge in [-0.3, -0.25) is 9.63 Å². The topological polar surface area (TPSA) is 47.4 Å². The molecule has 0 aliphatic rings. The average molecular weight is 378 g/mol. The van der Waals surface area contributed by atoms with Crippen LogP contribution in [0.3, 0.4) is 0 Å². The van der Waals surface area contributed by atoms with Gasteiger partial charge in [0.15, 0.2) is 5.69 Å². The third kappa shape index (κ3) is 3.14. The number of hydroxylamine groups is 2. The van der Waals surface area contributed by atoms with Crippen LogP contribution in [0.2, 0.25) is 0 Å². The van der Waals surface area contributed by atoms with Gasteiger partial charge in [-0.15, -0.1) is 0 Å². The van der Waals surface area contributed by atoms with E-state index in [1.165, 1.54) is 26.3 Å². The molecule has 1 amide bonds. The molecule has 1 heterocycles. The summed E-state index contributed by atoms with van der Waals surface area (Å²) in [5, 5.41) is 4.41. The third-order valence-corrected chi connectivity index (χ3v) is 3.43. The quantitative estimate of drug-likeness (QED) is 0.771. The van der Waals surface area contributed by atoms with Crippen molar-refractivity contribution in [2.24, 2.45) is 0 Å². The molecule has 0 radical (unpaired) electrons. The number of alkyl halides is 3. The van der Waals surface area contributed by atoms with Gasteiger partial charge in [-0.05, 0) is 24.3 Å². The zero-order valence-corrected chi connectivity index (χ0v) is 13.1. The summed E-state index contributed by atoms with van der Waals surface area (Å²) in [4.78, 5) is 16.6. The number of amides is 1. The van der Waals surface area contributed by atoms with E-state index >= 15 is 0 Å². The summed E-state index contributed by atoms with van der Waals surface area (Å²) in [7, 11) is 2.41. The first-order valence-corrected chi connectivity index (χ1v) is 6.78. The van der Waals surface area contributed by atoms with Crippen LogP contribution in [0.5, 0.6) is 0 Å². The predicted octanol–water partition coefficient (Wildman–Crippen LogP) is 3.29.